The number of amides is 1. The SMILES string of the molecule is CC(C)(C)OC(=O)N1CCN(S(=O)(=O)C#Cc2cccc(Cl)c2)CC1. The van der Waals surface area contributed by atoms with Crippen LogP contribution in [0.1, 0.15) is 26.3 Å². The van der Waals surface area contributed by atoms with Crippen molar-refractivity contribution < 1.29 is 17.9 Å². The molecule has 0 radical (unpaired) electrons. The molecule has 0 saturated carbocycles. The number of piperazine rings is 1. The number of hydrogen-bond donors (Lipinski definition) is 0. The molecule has 1 aromatic carbocycles. The Labute approximate surface area is 153 Å². The van der Waals surface area contributed by atoms with Gasteiger partial charge in [0.2, 0.25) is 0 Å². The van der Waals surface area contributed by atoms with Gasteiger partial charge < -0.3 is 9.64 Å². The Morgan fingerprint density at radius 1 is 1.20 bits per heavy atom. The molecule has 0 bridgehead atoms. The van der Waals surface area contributed by atoms with Crippen LogP contribution in [0.2, 0.25) is 5.02 Å². The highest BCUT2D eigenvalue weighted by molar-refractivity contribution is 7.93. The summed E-state index contributed by atoms with van der Waals surface area (Å²) in [4.78, 5) is 13.5. The van der Waals surface area contributed by atoms with Gasteiger partial charge in [0.25, 0.3) is 10.0 Å². The van der Waals surface area contributed by atoms with Gasteiger partial charge in [0.1, 0.15) is 5.60 Å². The Morgan fingerprint density at radius 2 is 1.84 bits per heavy atom. The summed E-state index contributed by atoms with van der Waals surface area (Å²) in [5, 5.41) is 2.80. The first-order valence-electron chi connectivity index (χ1n) is 7.83. The Bertz CT molecular complexity index is 798. The van der Waals surface area contributed by atoms with Crippen LogP contribution in [0.4, 0.5) is 4.79 Å². The molecule has 1 fully saturated rings. The van der Waals surface area contributed by atoms with Gasteiger partial charge in [-0.05, 0) is 44.9 Å². The fraction of sp³-hybridized carbons (Fsp3) is 0.471. The van der Waals surface area contributed by atoms with Crippen LogP contribution < -0.4 is 0 Å². The maximum atomic E-state index is 12.3. The normalized spacial score (nSPS) is 16.1. The van der Waals surface area contributed by atoms with E-state index < -0.39 is 21.7 Å². The first kappa shape index (κ1) is 19.6. The predicted octanol–water partition coefficient (Wildman–Crippen LogP) is 2.53. The summed E-state index contributed by atoms with van der Waals surface area (Å²) in [5.41, 5.74) is -0.0496. The van der Waals surface area contributed by atoms with Crippen LogP contribution >= 0.6 is 11.6 Å². The molecular weight excluding hydrogens is 364 g/mol. The average Bonchev–Trinajstić information content (AvgIpc) is 2.52. The summed E-state index contributed by atoms with van der Waals surface area (Å²) in [6.07, 6.45) is -0.436. The number of halogens is 1. The molecule has 136 valence electrons. The van der Waals surface area contributed by atoms with Crippen molar-refractivity contribution in [1.29, 1.82) is 0 Å². The van der Waals surface area contributed by atoms with Gasteiger partial charge in [0.05, 0.1) is 0 Å². The van der Waals surface area contributed by atoms with Crippen molar-refractivity contribution in [3.8, 4) is 11.2 Å². The molecule has 1 aliphatic rings. The Kier molecular flexibility index (Phi) is 5.99. The Hall–Kier alpha value is -1.75. The highest BCUT2D eigenvalue weighted by Crippen LogP contribution is 2.14. The zero-order valence-electron chi connectivity index (χ0n) is 14.5. The summed E-state index contributed by atoms with van der Waals surface area (Å²) in [6, 6.07) is 6.69. The van der Waals surface area contributed by atoms with E-state index in [1.165, 1.54) is 9.21 Å². The third-order valence-corrected chi connectivity index (χ3v) is 5.02. The number of sulfonamides is 1. The maximum absolute atomic E-state index is 12.3. The van der Waals surface area contributed by atoms with E-state index in [0.717, 1.165) is 0 Å². The van der Waals surface area contributed by atoms with Gasteiger partial charge >= 0.3 is 6.09 Å². The van der Waals surface area contributed by atoms with E-state index in [2.05, 4.69) is 11.2 Å². The van der Waals surface area contributed by atoms with Crippen molar-refractivity contribution in [2.45, 2.75) is 26.4 Å². The highest BCUT2D eigenvalue weighted by Gasteiger charge is 2.30. The second kappa shape index (κ2) is 7.65. The smallest absolute Gasteiger partial charge is 0.410 e. The molecule has 2 rings (SSSR count). The number of carbonyl (C=O) groups is 1. The lowest BCUT2D eigenvalue weighted by Crippen LogP contribution is -2.51. The molecule has 1 saturated heterocycles. The molecular formula is C17H21ClN2O4S. The van der Waals surface area contributed by atoms with Crippen LogP contribution in [0.25, 0.3) is 0 Å². The monoisotopic (exact) mass is 384 g/mol. The predicted molar refractivity (Wildman–Crippen MR) is 96.6 cm³/mol. The number of benzene rings is 1. The zero-order valence-corrected chi connectivity index (χ0v) is 16.0. The standard InChI is InChI=1S/C17H21ClN2O4S/c1-17(2,3)24-16(21)19-8-10-20(11-9-19)25(22,23)12-7-14-5-4-6-15(18)13-14/h4-6,13H,8-11H2,1-3H3. The zero-order chi connectivity index (χ0) is 18.7. The molecule has 25 heavy (non-hydrogen) atoms. The maximum Gasteiger partial charge on any atom is 0.410 e. The van der Waals surface area contributed by atoms with Gasteiger partial charge in [-0.2, -0.15) is 12.7 Å². The molecule has 0 aliphatic carbocycles. The average molecular weight is 385 g/mol. The first-order chi connectivity index (χ1) is 11.6. The fourth-order valence-corrected chi connectivity index (χ4v) is 3.40. The minimum Gasteiger partial charge on any atom is -0.444 e. The van der Waals surface area contributed by atoms with Gasteiger partial charge in [-0.3, -0.25) is 0 Å². The van der Waals surface area contributed by atoms with Gasteiger partial charge in [-0.25, -0.2) is 4.79 Å². The van der Waals surface area contributed by atoms with Gasteiger partial charge in [-0.15, -0.1) is 0 Å². The number of rotatable bonds is 1. The third kappa shape index (κ3) is 5.92. The van der Waals surface area contributed by atoms with E-state index in [9.17, 15) is 13.2 Å². The van der Waals surface area contributed by atoms with Crippen LogP contribution in [0.15, 0.2) is 24.3 Å². The van der Waals surface area contributed by atoms with E-state index in [0.29, 0.717) is 10.6 Å². The van der Waals surface area contributed by atoms with E-state index in [4.69, 9.17) is 16.3 Å². The first-order valence-corrected chi connectivity index (χ1v) is 9.65. The molecule has 1 heterocycles. The lowest BCUT2D eigenvalue weighted by Gasteiger charge is -2.34. The highest BCUT2D eigenvalue weighted by atomic mass is 35.5. The van der Waals surface area contributed by atoms with Crippen molar-refractivity contribution in [3.63, 3.8) is 0 Å². The van der Waals surface area contributed by atoms with Crippen LogP contribution in [0, 0.1) is 11.2 Å². The summed E-state index contributed by atoms with van der Waals surface area (Å²) < 4.78 is 31.2. The number of hydrogen-bond acceptors (Lipinski definition) is 4. The fourth-order valence-electron chi connectivity index (χ4n) is 2.19. The molecule has 0 spiro atoms. The van der Waals surface area contributed by atoms with E-state index in [-0.39, 0.29) is 26.2 Å². The second-order valence-corrected chi connectivity index (χ2v) is 8.72. The summed E-state index contributed by atoms with van der Waals surface area (Å²) in [5.74, 6) is 2.62. The molecule has 1 amide bonds. The molecule has 1 aromatic rings. The summed E-state index contributed by atoms with van der Waals surface area (Å²) >= 11 is 5.86. The van der Waals surface area contributed by atoms with Gasteiger partial charge in [0.15, 0.2) is 0 Å². The van der Waals surface area contributed by atoms with E-state index in [1.807, 2.05) is 0 Å². The molecule has 0 unspecified atom stereocenters. The van der Waals surface area contributed by atoms with Crippen molar-refractivity contribution >= 4 is 27.7 Å². The van der Waals surface area contributed by atoms with Crippen molar-refractivity contribution in [2.24, 2.45) is 0 Å². The quantitative estimate of drug-likeness (QED) is 0.698. The van der Waals surface area contributed by atoms with Crippen LogP contribution in [-0.4, -0.2) is 55.5 Å². The Morgan fingerprint density at radius 3 is 2.40 bits per heavy atom. The molecule has 6 nitrogen and oxygen atoms in total. The Balaban J connectivity index is 1.99. The van der Waals surface area contributed by atoms with Crippen LogP contribution in [-0.2, 0) is 14.8 Å². The molecule has 0 aromatic heterocycles. The van der Waals surface area contributed by atoms with Crippen molar-refractivity contribution in [2.75, 3.05) is 26.2 Å². The molecule has 8 heteroatoms. The largest absolute Gasteiger partial charge is 0.444 e. The summed E-state index contributed by atoms with van der Waals surface area (Å²) in [6.45, 7) is 6.28. The number of carbonyl (C=O) groups excluding carboxylic acids is 1. The van der Waals surface area contributed by atoms with Crippen molar-refractivity contribution in [1.82, 2.24) is 9.21 Å². The summed E-state index contributed by atoms with van der Waals surface area (Å²) in [7, 11) is -3.73. The van der Waals surface area contributed by atoms with Gasteiger partial charge in [-0.1, -0.05) is 17.7 Å². The number of ether oxygens (including phenoxy) is 1. The molecule has 0 N–H and O–H groups in total. The minimum atomic E-state index is -3.73. The number of nitrogens with zero attached hydrogens (tertiary/aromatic N) is 2. The molecule has 1 aliphatic heterocycles. The van der Waals surface area contributed by atoms with Crippen LogP contribution in [0.5, 0.6) is 0 Å². The van der Waals surface area contributed by atoms with Crippen molar-refractivity contribution in [3.05, 3.63) is 34.9 Å². The lowest BCUT2D eigenvalue weighted by molar-refractivity contribution is 0.0193. The topological polar surface area (TPSA) is 66.9 Å². The minimum absolute atomic E-state index is 0.186. The molecule has 0 atom stereocenters. The van der Waals surface area contributed by atoms with E-state index in [1.54, 1.807) is 45.0 Å². The van der Waals surface area contributed by atoms with Gasteiger partial charge in [0, 0.05) is 42.0 Å². The lowest BCUT2D eigenvalue weighted by atomic mass is 10.2. The second-order valence-electron chi connectivity index (χ2n) is 6.61. The van der Waals surface area contributed by atoms with Crippen LogP contribution in [0.3, 0.4) is 0 Å². The van der Waals surface area contributed by atoms with E-state index >= 15 is 0 Å². The third-order valence-electron chi connectivity index (χ3n) is 3.38.